The lowest BCUT2D eigenvalue weighted by molar-refractivity contribution is -0.135. The highest BCUT2D eigenvalue weighted by Gasteiger charge is 2.00. The highest BCUT2D eigenvalue weighted by molar-refractivity contribution is 6.32. The van der Waals surface area contributed by atoms with E-state index in [1.807, 2.05) is 0 Å². The number of halogens is 2. The van der Waals surface area contributed by atoms with E-state index < -0.39 is 5.97 Å². The van der Waals surface area contributed by atoms with E-state index in [1.165, 1.54) is 6.20 Å². The van der Waals surface area contributed by atoms with Gasteiger partial charge in [-0.25, -0.2) is 9.97 Å². The van der Waals surface area contributed by atoms with Crippen LogP contribution >= 0.6 is 23.2 Å². The van der Waals surface area contributed by atoms with Gasteiger partial charge in [-0.05, 0) is 11.6 Å². The number of hydrogen-bond donors (Lipinski definition) is 1. The van der Waals surface area contributed by atoms with Crippen molar-refractivity contribution in [3.8, 4) is 11.8 Å². The molecular formula is C8H4Cl2N2O2. The zero-order valence-electron chi connectivity index (χ0n) is 6.79. The first-order valence-corrected chi connectivity index (χ1v) is 4.24. The lowest BCUT2D eigenvalue weighted by Crippen LogP contribution is -1.91. The van der Waals surface area contributed by atoms with Gasteiger partial charge >= 0.3 is 5.97 Å². The maximum absolute atomic E-state index is 10.1. The Hall–Kier alpha value is -1.31. The van der Waals surface area contributed by atoms with E-state index in [-0.39, 0.29) is 16.9 Å². The second-order valence-corrected chi connectivity index (χ2v) is 2.91. The maximum atomic E-state index is 10.1. The van der Waals surface area contributed by atoms with Crippen molar-refractivity contribution in [2.75, 3.05) is 0 Å². The third-order valence-corrected chi connectivity index (χ3v) is 1.65. The molecule has 6 heteroatoms. The Balaban J connectivity index is 2.85. The smallest absolute Gasteiger partial charge is 0.315 e. The van der Waals surface area contributed by atoms with Crippen LogP contribution in [0.25, 0.3) is 0 Å². The van der Waals surface area contributed by atoms with Crippen molar-refractivity contribution >= 4 is 29.2 Å². The molecule has 0 amide bonds. The van der Waals surface area contributed by atoms with E-state index >= 15 is 0 Å². The summed E-state index contributed by atoms with van der Waals surface area (Å²) in [6, 6.07) is 0. The topological polar surface area (TPSA) is 63.1 Å². The van der Waals surface area contributed by atoms with E-state index in [2.05, 4.69) is 21.8 Å². The number of aliphatic carboxylic acids is 1. The lowest BCUT2D eigenvalue weighted by Gasteiger charge is -1.93. The van der Waals surface area contributed by atoms with Crippen molar-refractivity contribution in [3.05, 3.63) is 22.2 Å². The molecule has 0 saturated heterocycles. The molecule has 0 unspecified atom stereocenters. The fraction of sp³-hybridized carbons (Fsp3) is 0.125. The minimum Gasteiger partial charge on any atom is -0.481 e. The SMILES string of the molecule is O=C(O)CC#Cc1cnc(Cl)nc1Cl. The quantitative estimate of drug-likeness (QED) is 0.453. The molecule has 0 aliphatic heterocycles. The lowest BCUT2D eigenvalue weighted by atomic mass is 10.3. The standard InChI is InChI=1S/C8H4Cl2N2O2/c9-7-5(2-1-3-6(13)14)4-11-8(10)12-7/h4H,3H2,(H,13,14). The van der Waals surface area contributed by atoms with Crippen LogP contribution in [0.3, 0.4) is 0 Å². The van der Waals surface area contributed by atoms with Crippen molar-refractivity contribution in [3.63, 3.8) is 0 Å². The normalized spacial score (nSPS) is 9.00. The Morgan fingerprint density at radius 2 is 2.29 bits per heavy atom. The predicted octanol–water partition coefficient (Wildman–Crippen LogP) is 1.61. The zero-order chi connectivity index (χ0) is 10.6. The zero-order valence-corrected chi connectivity index (χ0v) is 8.30. The number of carbonyl (C=O) groups is 1. The molecule has 0 fully saturated rings. The number of carboxylic acid groups (broad SMARTS) is 1. The molecule has 72 valence electrons. The summed E-state index contributed by atoms with van der Waals surface area (Å²) < 4.78 is 0. The van der Waals surface area contributed by atoms with Crippen LogP contribution in [0.4, 0.5) is 0 Å². The minimum absolute atomic E-state index is 0.0267. The molecule has 0 spiro atoms. The summed E-state index contributed by atoms with van der Waals surface area (Å²) in [7, 11) is 0. The fourth-order valence-electron chi connectivity index (χ4n) is 0.640. The molecule has 0 atom stereocenters. The van der Waals surface area contributed by atoms with Gasteiger partial charge in [0.05, 0.1) is 5.56 Å². The van der Waals surface area contributed by atoms with Crippen LogP contribution < -0.4 is 0 Å². The number of carboxylic acids is 1. The molecule has 0 aromatic carbocycles. The Bertz CT molecular complexity index is 423. The first kappa shape index (κ1) is 10.8. The van der Waals surface area contributed by atoms with Gasteiger partial charge in [-0.3, -0.25) is 4.79 Å². The third kappa shape index (κ3) is 3.21. The van der Waals surface area contributed by atoms with Gasteiger partial charge in [0.1, 0.15) is 11.6 Å². The largest absolute Gasteiger partial charge is 0.481 e. The molecule has 1 aromatic heterocycles. The van der Waals surface area contributed by atoms with Gasteiger partial charge in [0, 0.05) is 6.20 Å². The van der Waals surface area contributed by atoms with E-state index in [9.17, 15) is 4.79 Å². The highest BCUT2D eigenvalue weighted by atomic mass is 35.5. The van der Waals surface area contributed by atoms with Crippen LogP contribution in [-0.2, 0) is 4.79 Å². The van der Waals surface area contributed by atoms with Gasteiger partial charge in [-0.2, -0.15) is 0 Å². The average Bonchev–Trinajstić information content (AvgIpc) is 2.08. The summed E-state index contributed by atoms with van der Waals surface area (Å²) in [6.45, 7) is 0. The highest BCUT2D eigenvalue weighted by Crippen LogP contribution is 2.12. The van der Waals surface area contributed by atoms with Crippen molar-refractivity contribution < 1.29 is 9.90 Å². The summed E-state index contributed by atoms with van der Waals surface area (Å²) in [6.07, 6.45) is 1.09. The molecule has 14 heavy (non-hydrogen) atoms. The van der Waals surface area contributed by atoms with Gasteiger partial charge in [0.25, 0.3) is 0 Å². The van der Waals surface area contributed by atoms with Gasteiger partial charge in [-0.1, -0.05) is 23.4 Å². The second kappa shape index (κ2) is 4.80. The maximum Gasteiger partial charge on any atom is 0.315 e. The molecule has 1 N–H and O–H groups in total. The number of nitrogens with zero attached hydrogens (tertiary/aromatic N) is 2. The molecular weight excluding hydrogens is 227 g/mol. The molecule has 0 aliphatic carbocycles. The fourth-order valence-corrected chi connectivity index (χ4v) is 0.993. The van der Waals surface area contributed by atoms with Crippen LogP contribution in [-0.4, -0.2) is 21.0 Å². The van der Waals surface area contributed by atoms with Crippen LogP contribution in [0, 0.1) is 11.8 Å². The Kier molecular flexibility index (Phi) is 3.69. The van der Waals surface area contributed by atoms with Crippen molar-refractivity contribution in [2.45, 2.75) is 6.42 Å². The molecule has 0 radical (unpaired) electrons. The summed E-state index contributed by atoms with van der Waals surface area (Å²) >= 11 is 11.1. The number of hydrogen-bond acceptors (Lipinski definition) is 3. The van der Waals surface area contributed by atoms with Crippen LogP contribution in [0.5, 0.6) is 0 Å². The van der Waals surface area contributed by atoms with Gasteiger partial charge in [-0.15, -0.1) is 0 Å². The van der Waals surface area contributed by atoms with E-state index in [0.717, 1.165) is 0 Å². The van der Waals surface area contributed by atoms with Crippen molar-refractivity contribution in [2.24, 2.45) is 0 Å². The predicted molar refractivity (Wildman–Crippen MR) is 51.2 cm³/mol. The van der Waals surface area contributed by atoms with E-state index in [1.54, 1.807) is 0 Å². The molecule has 1 heterocycles. The summed E-state index contributed by atoms with van der Waals surface area (Å²) in [4.78, 5) is 17.4. The van der Waals surface area contributed by atoms with E-state index in [0.29, 0.717) is 5.56 Å². The van der Waals surface area contributed by atoms with Gasteiger partial charge < -0.3 is 5.11 Å². The van der Waals surface area contributed by atoms with Gasteiger partial charge in [0.2, 0.25) is 5.28 Å². The first-order valence-electron chi connectivity index (χ1n) is 3.48. The van der Waals surface area contributed by atoms with Crippen LogP contribution in [0.2, 0.25) is 10.4 Å². The van der Waals surface area contributed by atoms with Crippen LogP contribution in [0.15, 0.2) is 6.20 Å². The third-order valence-electron chi connectivity index (χ3n) is 1.18. The molecule has 0 aliphatic rings. The summed E-state index contributed by atoms with van der Waals surface area (Å²) in [5.74, 6) is 3.93. The average molecular weight is 231 g/mol. The minimum atomic E-state index is -0.997. The number of aromatic nitrogens is 2. The monoisotopic (exact) mass is 230 g/mol. The summed E-state index contributed by atoms with van der Waals surface area (Å²) in [5.41, 5.74) is 0.359. The van der Waals surface area contributed by atoms with Crippen molar-refractivity contribution in [1.29, 1.82) is 0 Å². The molecule has 1 aromatic rings. The molecule has 0 bridgehead atoms. The first-order chi connectivity index (χ1) is 6.59. The Morgan fingerprint density at radius 3 is 2.86 bits per heavy atom. The molecule has 0 saturated carbocycles. The Labute approximate surface area is 89.9 Å². The second-order valence-electron chi connectivity index (χ2n) is 2.22. The van der Waals surface area contributed by atoms with Crippen LogP contribution in [0.1, 0.15) is 12.0 Å². The summed E-state index contributed by atoms with van der Waals surface area (Å²) in [5, 5.41) is 8.46. The van der Waals surface area contributed by atoms with Gasteiger partial charge in [0.15, 0.2) is 0 Å². The number of rotatable bonds is 1. The van der Waals surface area contributed by atoms with E-state index in [4.69, 9.17) is 28.3 Å². The molecule has 4 nitrogen and oxygen atoms in total. The Morgan fingerprint density at radius 1 is 1.57 bits per heavy atom. The van der Waals surface area contributed by atoms with Crippen molar-refractivity contribution in [1.82, 2.24) is 9.97 Å². The molecule has 1 rings (SSSR count).